The van der Waals surface area contributed by atoms with Crippen LogP contribution in [-0.2, 0) is 0 Å². The number of hydrogen-bond donors (Lipinski definition) is 1. The summed E-state index contributed by atoms with van der Waals surface area (Å²) in [4.78, 5) is 4.21. The van der Waals surface area contributed by atoms with Crippen molar-refractivity contribution < 1.29 is 4.52 Å². The van der Waals surface area contributed by atoms with Crippen molar-refractivity contribution in [2.24, 2.45) is 0 Å². The Morgan fingerprint density at radius 1 is 1.17 bits per heavy atom. The maximum absolute atomic E-state index is 5.90. The minimum Gasteiger partial charge on any atom is -0.352 e. The molecule has 2 aromatic heterocycles. The Balaban J connectivity index is 0.00000120. The molecule has 2 heterocycles. The summed E-state index contributed by atoms with van der Waals surface area (Å²) in [5.74, 6) is 0.586. The Bertz CT molecular complexity index is 669. The zero-order valence-electron chi connectivity index (χ0n) is 9.13. The lowest BCUT2D eigenvalue weighted by molar-refractivity contribution is 0.460. The number of benzene rings is 1. The standard InChI is InChI=1S/C12H8ClN3O.ClH/c13-8-3-1-4-9(7-8)15-12-11-10(17-16-12)5-2-6-14-11;/h1-7H,(H,15,16);1H. The summed E-state index contributed by atoms with van der Waals surface area (Å²) in [5, 5.41) is 7.71. The van der Waals surface area contributed by atoms with E-state index in [4.69, 9.17) is 16.1 Å². The van der Waals surface area contributed by atoms with Crippen LogP contribution in [0, 0.1) is 0 Å². The fourth-order valence-electron chi connectivity index (χ4n) is 1.57. The molecule has 0 saturated carbocycles. The molecule has 0 bridgehead atoms. The molecule has 18 heavy (non-hydrogen) atoms. The van der Waals surface area contributed by atoms with E-state index < -0.39 is 0 Å². The summed E-state index contributed by atoms with van der Waals surface area (Å²) in [6.45, 7) is 0. The molecule has 4 nitrogen and oxygen atoms in total. The van der Waals surface area contributed by atoms with Crippen LogP contribution in [-0.4, -0.2) is 10.1 Å². The fourth-order valence-corrected chi connectivity index (χ4v) is 1.76. The molecular formula is C12H9Cl2N3O. The van der Waals surface area contributed by atoms with Crippen LogP contribution in [0.3, 0.4) is 0 Å². The van der Waals surface area contributed by atoms with E-state index in [1.54, 1.807) is 12.3 Å². The van der Waals surface area contributed by atoms with Crippen LogP contribution in [0.15, 0.2) is 47.1 Å². The van der Waals surface area contributed by atoms with Crippen molar-refractivity contribution in [1.29, 1.82) is 0 Å². The van der Waals surface area contributed by atoms with Gasteiger partial charge in [0.05, 0.1) is 0 Å². The van der Waals surface area contributed by atoms with Crippen LogP contribution in [0.1, 0.15) is 0 Å². The van der Waals surface area contributed by atoms with Gasteiger partial charge in [0.1, 0.15) is 0 Å². The molecule has 0 aliphatic rings. The van der Waals surface area contributed by atoms with E-state index in [1.165, 1.54) is 0 Å². The summed E-state index contributed by atoms with van der Waals surface area (Å²) in [6.07, 6.45) is 1.70. The number of nitrogens with one attached hydrogen (secondary N) is 1. The second kappa shape index (κ2) is 5.25. The van der Waals surface area contributed by atoms with Gasteiger partial charge in [-0.15, -0.1) is 12.4 Å². The topological polar surface area (TPSA) is 51.0 Å². The lowest BCUT2D eigenvalue weighted by atomic mass is 10.3. The van der Waals surface area contributed by atoms with Crippen LogP contribution in [0.25, 0.3) is 11.1 Å². The second-order valence-corrected chi connectivity index (χ2v) is 3.95. The quantitative estimate of drug-likeness (QED) is 0.770. The highest BCUT2D eigenvalue weighted by Gasteiger charge is 2.08. The number of rotatable bonds is 2. The third-order valence-corrected chi connectivity index (χ3v) is 2.55. The third kappa shape index (κ3) is 2.39. The Kier molecular flexibility index (Phi) is 3.69. The lowest BCUT2D eigenvalue weighted by Gasteiger charge is -2.02. The van der Waals surface area contributed by atoms with Crippen molar-refractivity contribution in [3.8, 4) is 0 Å². The number of nitrogens with zero attached hydrogens (tertiary/aromatic N) is 2. The maximum atomic E-state index is 5.90. The lowest BCUT2D eigenvalue weighted by Crippen LogP contribution is -1.91. The first-order chi connectivity index (χ1) is 8.33. The molecule has 0 atom stereocenters. The zero-order chi connectivity index (χ0) is 11.7. The minimum atomic E-state index is 0. The third-order valence-electron chi connectivity index (χ3n) is 2.32. The van der Waals surface area contributed by atoms with Gasteiger partial charge in [-0.05, 0) is 30.3 Å². The van der Waals surface area contributed by atoms with Gasteiger partial charge in [0.25, 0.3) is 0 Å². The van der Waals surface area contributed by atoms with Gasteiger partial charge in [0.2, 0.25) is 0 Å². The van der Waals surface area contributed by atoms with Gasteiger partial charge >= 0.3 is 0 Å². The van der Waals surface area contributed by atoms with Gasteiger partial charge in [-0.2, -0.15) is 0 Å². The molecule has 0 aliphatic heterocycles. The Morgan fingerprint density at radius 2 is 2.06 bits per heavy atom. The predicted molar refractivity (Wildman–Crippen MR) is 73.8 cm³/mol. The molecule has 0 amide bonds. The van der Waals surface area contributed by atoms with E-state index in [0.29, 0.717) is 21.9 Å². The van der Waals surface area contributed by atoms with Crippen LogP contribution in [0.4, 0.5) is 11.5 Å². The van der Waals surface area contributed by atoms with Crippen molar-refractivity contribution in [2.45, 2.75) is 0 Å². The fraction of sp³-hybridized carbons (Fsp3) is 0. The zero-order valence-corrected chi connectivity index (χ0v) is 10.7. The van der Waals surface area contributed by atoms with Gasteiger partial charge < -0.3 is 9.84 Å². The first-order valence-corrected chi connectivity index (χ1v) is 5.44. The summed E-state index contributed by atoms with van der Waals surface area (Å²) >= 11 is 5.90. The number of anilines is 2. The van der Waals surface area contributed by atoms with Crippen molar-refractivity contribution in [3.63, 3.8) is 0 Å². The van der Waals surface area contributed by atoms with E-state index >= 15 is 0 Å². The summed E-state index contributed by atoms with van der Waals surface area (Å²) in [6, 6.07) is 11.0. The Labute approximate surface area is 114 Å². The van der Waals surface area contributed by atoms with Crippen molar-refractivity contribution >= 4 is 46.6 Å². The first-order valence-electron chi connectivity index (χ1n) is 5.06. The SMILES string of the molecule is Cl.Clc1cccc(Nc2noc3cccnc23)c1. The van der Waals surface area contributed by atoms with Crippen LogP contribution < -0.4 is 5.32 Å². The van der Waals surface area contributed by atoms with E-state index in [1.807, 2.05) is 30.3 Å². The normalized spacial score (nSPS) is 10.1. The molecule has 92 valence electrons. The van der Waals surface area contributed by atoms with Gasteiger partial charge in [-0.3, -0.25) is 0 Å². The van der Waals surface area contributed by atoms with Crippen molar-refractivity contribution in [3.05, 3.63) is 47.6 Å². The molecule has 0 aliphatic carbocycles. The van der Waals surface area contributed by atoms with E-state index in [2.05, 4.69) is 15.5 Å². The van der Waals surface area contributed by atoms with Crippen LogP contribution >= 0.6 is 24.0 Å². The van der Waals surface area contributed by atoms with E-state index in [0.717, 1.165) is 5.69 Å². The molecule has 3 aromatic rings. The average Bonchev–Trinajstić information content (AvgIpc) is 2.73. The van der Waals surface area contributed by atoms with Crippen LogP contribution in [0.5, 0.6) is 0 Å². The monoisotopic (exact) mass is 281 g/mol. The highest BCUT2D eigenvalue weighted by atomic mass is 35.5. The first kappa shape index (κ1) is 12.7. The molecule has 0 saturated heterocycles. The number of hydrogen-bond acceptors (Lipinski definition) is 4. The molecule has 0 unspecified atom stereocenters. The highest BCUT2D eigenvalue weighted by molar-refractivity contribution is 6.30. The number of aromatic nitrogens is 2. The summed E-state index contributed by atoms with van der Waals surface area (Å²) in [7, 11) is 0. The Morgan fingerprint density at radius 3 is 2.89 bits per heavy atom. The largest absolute Gasteiger partial charge is 0.352 e. The summed E-state index contributed by atoms with van der Waals surface area (Å²) < 4.78 is 5.14. The van der Waals surface area contributed by atoms with E-state index in [9.17, 15) is 0 Å². The molecule has 6 heteroatoms. The molecule has 1 aromatic carbocycles. The average molecular weight is 282 g/mol. The molecule has 0 spiro atoms. The number of pyridine rings is 1. The van der Waals surface area contributed by atoms with Crippen molar-refractivity contribution in [2.75, 3.05) is 5.32 Å². The number of halogens is 2. The van der Waals surface area contributed by atoms with E-state index in [-0.39, 0.29) is 12.4 Å². The Hall–Kier alpha value is -1.78. The summed E-state index contributed by atoms with van der Waals surface area (Å²) in [5.41, 5.74) is 2.20. The maximum Gasteiger partial charge on any atom is 0.200 e. The minimum absolute atomic E-state index is 0. The second-order valence-electron chi connectivity index (χ2n) is 3.52. The van der Waals surface area contributed by atoms with Gasteiger partial charge in [-0.25, -0.2) is 4.98 Å². The predicted octanol–water partition coefficient (Wildman–Crippen LogP) is 4.04. The molecular weight excluding hydrogens is 273 g/mol. The molecule has 1 N–H and O–H groups in total. The smallest absolute Gasteiger partial charge is 0.200 e. The molecule has 3 rings (SSSR count). The van der Waals surface area contributed by atoms with Gasteiger partial charge in [0, 0.05) is 16.9 Å². The van der Waals surface area contributed by atoms with Crippen molar-refractivity contribution in [1.82, 2.24) is 10.1 Å². The molecule has 0 radical (unpaired) electrons. The number of fused-ring (bicyclic) bond motifs is 1. The van der Waals surface area contributed by atoms with Gasteiger partial charge in [0.15, 0.2) is 16.9 Å². The molecule has 0 fully saturated rings. The van der Waals surface area contributed by atoms with Crippen LogP contribution in [0.2, 0.25) is 5.02 Å². The van der Waals surface area contributed by atoms with Gasteiger partial charge in [-0.1, -0.05) is 22.8 Å². The highest BCUT2D eigenvalue weighted by Crippen LogP contribution is 2.24.